The van der Waals surface area contributed by atoms with E-state index in [1.165, 1.54) is 5.56 Å². The normalized spacial score (nSPS) is 12.8. The smallest absolute Gasteiger partial charge is 0.129 e. The fourth-order valence-electron chi connectivity index (χ4n) is 2.56. The summed E-state index contributed by atoms with van der Waals surface area (Å²) in [5.74, 6) is -0.0626. The van der Waals surface area contributed by atoms with Crippen molar-refractivity contribution < 1.29 is 4.39 Å². The molecule has 0 fully saturated rings. The zero-order chi connectivity index (χ0) is 16.3. The van der Waals surface area contributed by atoms with Gasteiger partial charge in [0.1, 0.15) is 5.82 Å². The van der Waals surface area contributed by atoms with Crippen molar-refractivity contribution in [2.24, 2.45) is 5.41 Å². The first-order chi connectivity index (χ1) is 9.50. The molecule has 0 heterocycles. The second-order valence-corrected chi connectivity index (χ2v) is 8.13. The van der Waals surface area contributed by atoms with E-state index in [4.69, 9.17) is 0 Å². The Bertz CT molecular complexity index is 446. The van der Waals surface area contributed by atoms with Crippen LogP contribution in [0.15, 0.2) is 12.1 Å². The summed E-state index contributed by atoms with van der Waals surface area (Å²) in [6.45, 7) is 16.0. The second-order valence-electron chi connectivity index (χ2n) is 8.13. The molecule has 0 saturated heterocycles. The van der Waals surface area contributed by atoms with Crippen molar-refractivity contribution in [1.82, 2.24) is 5.32 Å². The fourth-order valence-corrected chi connectivity index (χ4v) is 2.56. The monoisotopic (exact) mass is 293 g/mol. The van der Waals surface area contributed by atoms with E-state index in [2.05, 4.69) is 39.9 Å². The fraction of sp³-hybridized carbons (Fsp3) is 0.684. The Morgan fingerprint density at radius 1 is 0.952 bits per heavy atom. The van der Waals surface area contributed by atoms with Crippen LogP contribution in [0.1, 0.15) is 64.2 Å². The average Bonchev–Trinajstić information content (AvgIpc) is 2.31. The summed E-state index contributed by atoms with van der Waals surface area (Å²) in [5, 5.41) is 3.55. The maximum absolute atomic E-state index is 13.7. The zero-order valence-corrected chi connectivity index (χ0v) is 14.9. The summed E-state index contributed by atoms with van der Waals surface area (Å²) in [6, 6.07) is 3.98. The average molecular weight is 293 g/mol. The van der Waals surface area contributed by atoms with Crippen LogP contribution in [0.4, 0.5) is 4.39 Å². The summed E-state index contributed by atoms with van der Waals surface area (Å²) in [7, 11) is 0. The molecule has 0 bridgehead atoms. The van der Waals surface area contributed by atoms with Crippen LogP contribution in [0, 0.1) is 25.1 Å². The van der Waals surface area contributed by atoms with E-state index in [1.54, 1.807) is 0 Å². The number of nitrogens with one attached hydrogen (secondary N) is 1. The maximum Gasteiger partial charge on any atom is 0.129 e. The van der Waals surface area contributed by atoms with E-state index in [1.807, 2.05) is 26.0 Å². The van der Waals surface area contributed by atoms with Crippen molar-refractivity contribution in [3.05, 3.63) is 34.6 Å². The van der Waals surface area contributed by atoms with Crippen molar-refractivity contribution >= 4 is 0 Å². The molecule has 0 unspecified atom stereocenters. The van der Waals surface area contributed by atoms with Gasteiger partial charge in [0, 0.05) is 5.54 Å². The van der Waals surface area contributed by atoms with Gasteiger partial charge in [0.05, 0.1) is 0 Å². The highest BCUT2D eigenvalue weighted by Crippen LogP contribution is 2.27. The Hall–Kier alpha value is -0.890. The summed E-state index contributed by atoms with van der Waals surface area (Å²) in [4.78, 5) is 0. The number of benzene rings is 1. The minimum absolute atomic E-state index is 0.0626. The third-order valence-electron chi connectivity index (χ3n) is 4.04. The van der Waals surface area contributed by atoms with Crippen molar-refractivity contribution in [2.45, 2.75) is 73.3 Å². The molecule has 1 aromatic carbocycles. The molecule has 0 aliphatic carbocycles. The number of hydrogen-bond donors (Lipinski definition) is 1. The Balaban J connectivity index is 2.53. The van der Waals surface area contributed by atoms with Gasteiger partial charge >= 0.3 is 0 Å². The van der Waals surface area contributed by atoms with E-state index < -0.39 is 0 Å². The molecule has 0 spiro atoms. The molecular formula is C19H32FN. The molecule has 0 aliphatic rings. The highest BCUT2D eigenvalue weighted by atomic mass is 19.1. The Labute approximate surface area is 130 Å². The number of rotatable bonds is 6. The summed E-state index contributed by atoms with van der Waals surface area (Å²) < 4.78 is 13.7. The molecule has 120 valence electrons. The van der Waals surface area contributed by atoms with Gasteiger partial charge in [-0.25, -0.2) is 4.39 Å². The molecule has 1 rings (SSSR count). The van der Waals surface area contributed by atoms with Crippen LogP contribution in [0.3, 0.4) is 0 Å². The molecule has 2 heteroatoms. The molecule has 0 aromatic heterocycles. The van der Waals surface area contributed by atoms with Crippen LogP contribution in [-0.2, 0) is 6.42 Å². The van der Waals surface area contributed by atoms with E-state index in [-0.39, 0.29) is 11.4 Å². The van der Waals surface area contributed by atoms with Gasteiger partial charge in [-0.05, 0) is 82.5 Å². The van der Waals surface area contributed by atoms with Gasteiger partial charge in [-0.2, -0.15) is 0 Å². The van der Waals surface area contributed by atoms with Crippen molar-refractivity contribution in [2.75, 3.05) is 6.54 Å². The lowest BCUT2D eigenvalue weighted by atomic mass is 9.82. The molecule has 1 aromatic rings. The molecule has 0 saturated carbocycles. The molecule has 1 nitrogen and oxygen atoms in total. The van der Waals surface area contributed by atoms with Gasteiger partial charge in [-0.1, -0.05) is 26.0 Å². The predicted octanol–water partition coefficient (Wildman–Crippen LogP) is 5.18. The number of halogens is 1. The van der Waals surface area contributed by atoms with Crippen molar-refractivity contribution in [3.8, 4) is 0 Å². The molecular weight excluding hydrogens is 261 g/mol. The van der Waals surface area contributed by atoms with Gasteiger partial charge in [0.25, 0.3) is 0 Å². The standard InChI is InChI=1S/C19H32FN/c1-14-12-16(13-15(2)17(14)20)8-9-19(6,7)10-11-21-18(3,4)5/h12-13,21H,8-11H2,1-7H3. The number of hydrogen-bond acceptors (Lipinski definition) is 1. The Kier molecular flexibility index (Phi) is 5.98. The minimum Gasteiger partial charge on any atom is -0.312 e. The summed E-state index contributed by atoms with van der Waals surface area (Å²) in [5.41, 5.74) is 3.26. The van der Waals surface area contributed by atoms with Gasteiger partial charge in [0.2, 0.25) is 0 Å². The molecule has 0 atom stereocenters. The van der Waals surface area contributed by atoms with Gasteiger partial charge in [0.15, 0.2) is 0 Å². The van der Waals surface area contributed by atoms with E-state index in [0.29, 0.717) is 5.41 Å². The maximum atomic E-state index is 13.7. The zero-order valence-electron chi connectivity index (χ0n) is 14.9. The van der Waals surface area contributed by atoms with E-state index in [9.17, 15) is 4.39 Å². The minimum atomic E-state index is -0.0626. The lowest BCUT2D eigenvalue weighted by Crippen LogP contribution is -2.38. The van der Waals surface area contributed by atoms with Crippen LogP contribution in [-0.4, -0.2) is 12.1 Å². The largest absolute Gasteiger partial charge is 0.312 e. The third-order valence-corrected chi connectivity index (χ3v) is 4.04. The SMILES string of the molecule is Cc1cc(CCC(C)(C)CCNC(C)(C)C)cc(C)c1F. The van der Waals surface area contributed by atoms with Crippen LogP contribution >= 0.6 is 0 Å². The Morgan fingerprint density at radius 3 is 1.95 bits per heavy atom. The molecule has 0 amide bonds. The Morgan fingerprint density at radius 2 is 1.48 bits per heavy atom. The molecule has 1 N–H and O–H groups in total. The first kappa shape index (κ1) is 18.2. The number of aryl methyl sites for hydroxylation is 3. The lowest BCUT2D eigenvalue weighted by molar-refractivity contribution is 0.284. The van der Waals surface area contributed by atoms with E-state index >= 15 is 0 Å². The lowest BCUT2D eigenvalue weighted by Gasteiger charge is -2.28. The quantitative estimate of drug-likeness (QED) is 0.762. The highest BCUT2D eigenvalue weighted by molar-refractivity contribution is 5.30. The molecule has 0 radical (unpaired) electrons. The van der Waals surface area contributed by atoms with Crippen LogP contribution < -0.4 is 5.32 Å². The highest BCUT2D eigenvalue weighted by Gasteiger charge is 2.19. The third kappa shape index (κ3) is 6.60. The first-order valence-electron chi connectivity index (χ1n) is 8.01. The summed E-state index contributed by atoms with van der Waals surface area (Å²) >= 11 is 0. The summed E-state index contributed by atoms with van der Waals surface area (Å²) in [6.07, 6.45) is 3.30. The van der Waals surface area contributed by atoms with Crippen LogP contribution in [0.2, 0.25) is 0 Å². The van der Waals surface area contributed by atoms with Crippen LogP contribution in [0.25, 0.3) is 0 Å². The van der Waals surface area contributed by atoms with Gasteiger partial charge in [-0.15, -0.1) is 0 Å². The van der Waals surface area contributed by atoms with Gasteiger partial charge in [-0.3, -0.25) is 0 Å². The van der Waals surface area contributed by atoms with Crippen molar-refractivity contribution in [1.29, 1.82) is 0 Å². The molecule has 0 aliphatic heterocycles. The predicted molar refractivity (Wildman–Crippen MR) is 90.3 cm³/mol. The molecule has 21 heavy (non-hydrogen) atoms. The first-order valence-corrected chi connectivity index (χ1v) is 8.01. The van der Waals surface area contributed by atoms with E-state index in [0.717, 1.165) is 36.9 Å². The topological polar surface area (TPSA) is 12.0 Å². The second kappa shape index (κ2) is 6.91. The van der Waals surface area contributed by atoms with Crippen LogP contribution in [0.5, 0.6) is 0 Å². The van der Waals surface area contributed by atoms with Gasteiger partial charge < -0.3 is 5.32 Å². The van der Waals surface area contributed by atoms with Crippen molar-refractivity contribution in [3.63, 3.8) is 0 Å².